The zero-order valence-corrected chi connectivity index (χ0v) is 70.4. The second kappa shape index (κ2) is 81.4. The standard InChI is InChI=1S/C91H150O17P2/c1-5-9-13-17-21-25-29-33-37-40-42-45-48-51-55-59-63-67-71-75-88(93)101-81-86(107-90(95)77-73-69-65-61-57-53-47-36-32-28-24-20-16-12-8-4)83-105-109(97,98)103-79-85(92)80-104-110(99,100)106-84-87(108-91(96)78-74-70-66-62-58-54-50-44-39-35-31-27-23-19-15-11-7-3)82-102-89(94)76-72-68-64-60-56-52-49-46-43-41-38-34-30-26-22-18-14-10-6-2/h9-11,13-15,21-23,25-27,33-39,42-43,45-47,50,54,62,66,85-87,92H,5-8,12,16-20,24,28-32,40-41,44,48-49,51-53,55-61,63-65,67-84H2,1-4H3,(H,97,98)(H,99,100)/b13-9-,14-10-,15-11-,25-21-,26-22-,27-23-,37-33-,38-34-,39-35-,45-42-,46-43-,47-36-,54-50-,66-62-. The van der Waals surface area contributed by atoms with Gasteiger partial charge in [-0.15, -0.1) is 0 Å². The maximum atomic E-state index is 13.1. The SMILES string of the molecule is CC/C=C\C/C=C\C/C=C\C/C=C\C/C=C\CCCC(=O)OC(COC(=O)CCCCCCCC/C=C\C/C=C\C/C=C\C/C=C\CC)COP(=O)(O)OCC(O)COP(=O)(O)OCC(COC(=O)CCCCCCCC/C=C\C/C=C\C/C=C\C/C=C\CC)OC(=O)CCCCCCC/C=C\CCCCCCCC. The molecule has 17 nitrogen and oxygen atoms in total. The molecule has 0 amide bonds. The van der Waals surface area contributed by atoms with Crippen LogP contribution in [0.15, 0.2) is 170 Å². The smallest absolute Gasteiger partial charge is 0.462 e. The number of carbonyl (C=O) groups is 4. The van der Waals surface area contributed by atoms with Crippen LogP contribution in [0.25, 0.3) is 0 Å². The highest BCUT2D eigenvalue weighted by Crippen LogP contribution is 2.45. The van der Waals surface area contributed by atoms with Crippen LogP contribution in [0.5, 0.6) is 0 Å². The van der Waals surface area contributed by atoms with E-state index in [1.807, 2.05) is 12.2 Å². The van der Waals surface area contributed by atoms with Crippen molar-refractivity contribution in [3.8, 4) is 0 Å². The van der Waals surface area contributed by atoms with Crippen molar-refractivity contribution in [2.75, 3.05) is 39.6 Å². The summed E-state index contributed by atoms with van der Waals surface area (Å²) in [5.74, 6) is -2.29. The topological polar surface area (TPSA) is 237 Å². The predicted molar refractivity (Wildman–Crippen MR) is 454 cm³/mol. The van der Waals surface area contributed by atoms with Crippen LogP contribution in [0.3, 0.4) is 0 Å². The Balaban J connectivity index is 5.46. The molecule has 0 fully saturated rings. The Hall–Kier alpha value is -5.58. The molecule has 0 aromatic heterocycles. The average Bonchev–Trinajstić information content (AvgIpc) is 0.906. The molecule has 5 atom stereocenters. The lowest BCUT2D eigenvalue weighted by atomic mass is 10.1. The zero-order chi connectivity index (χ0) is 80.3. The summed E-state index contributed by atoms with van der Waals surface area (Å²) in [5, 5.41) is 10.7. The van der Waals surface area contributed by atoms with Gasteiger partial charge in [0, 0.05) is 25.7 Å². The van der Waals surface area contributed by atoms with Crippen molar-refractivity contribution in [3.63, 3.8) is 0 Å². The summed E-state index contributed by atoms with van der Waals surface area (Å²) in [6.07, 6.45) is 97.5. The van der Waals surface area contributed by atoms with E-state index in [1.165, 1.54) is 38.5 Å². The molecule has 0 rings (SSSR count). The van der Waals surface area contributed by atoms with Crippen LogP contribution >= 0.6 is 15.6 Å². The summed E-state index contributed by atoms with van der Waals surface area (Å²) >= 11 is 0. The first-order chi connectivity index (χ1) is 53.7. The van der Waals surface area contributed by atoms with E-state index in [0.717, 1.165) is 199 Å². The van der Waals surface area contributed by atoms with Gasteiger partial charge in [-0.05, 0) is 167 Å². The van der Waals surface area contributed by atoms with Gasteiger partial charge in [0.1, 0.15) is 19.3 Å². The summed E-state index contributed by atoms with van der Waals surface area (Å²) < 4.78 is 68.7. The van der Waals surface area contributed by atoms with Crippen LogP contribution in [0.4, 0.5) is 0 Å². The van der Waals surface area contributed by atoms with Crippen LogP contribution in [0.2, 0.25) is 0 Å². The highest BCUT2D eigenvalue weighted by molar-refractivity contribution is 7.47. The summed E-state index contributed by atoms with van der Waals surface area (Å²) in [7, 11) is -10.0. The van der Waals surface area contributed by atoms with Crippen LogP contribution in [0, 0.1) is 0 Å². The number of phosphoric ester groups is 2. The fourth-order valence-corrected chi connectivity index (χ4v) is 12.4. The van der Waals surface area contributed by atoms with E-state index >= 15 is 0 Å². The fourth-order valence-electron chi connectivity index (χ4n) is 10.8. The Morgan fingerprint density at radius 2 is 0.482 bits per heavy atom. The van der Waals surface area contributed by atoms with Crippen LogP contribution in [-0.4, -0.2) is 96.7 Å². The Kier molecular flexibility index (Phi) is 77.3. The molecule has 0 aliphatic carbocycles. The lowest BCUT2D eigenvalue weighted by Gasteiger charge is -2.21. The summed E-state index contributed by atoms with van der Waals surface area (Å²) in [6, 6.07) is 0. The Morgan fingerprint density at radius 1 is 0.264 bits per heavy atom. The second-order valence-corrected chi connectivity index (χ2v) is 30.5. The quantitative estimate of drug-likeness (QED) is 0.0169. The number of ether oxygens (including phenoxy) is 4. The third kappa shape index (κ3) is 80.5. The normalized spacial score (nSPS) is 14.6. The summed E-state index contributed by atoms with van der Waals surface area (Å²) in [5.41, 5.74) is 0. The lowest BCUT2D eigenvalue weighted by molar-refractivity contribution is -0.161. The molecule has 5 unspecified atom stereocenters. The van der Waals surface area contributed by atoms with Gasteiger partial charge in [-0.1, -0.05) is 301 Å². The minimum absolute atomic E-state index is 0.00732. The van der Waals surface area contributed by atoms with Crippen molar-refractivity contribution in [2.24, 2.45) is 0 Å². The molecule has 0 aromatic rings. The van der Waals surface area contributed by atoms with Gasteiger partial charge in [0.05, 0.1) is 26.4 Å². The highest BCUT2D eigenvalue weighted by atomic mass is 31.2. The van der Waals surface area contributed by atoms with Gasteiger partial charge in [-0.2, -0.15) is 0 Å². The number of aliphatic hydroxyl groups excluding tert-OH is 1. The van der Waals surface area contributed by atoms with E-state index in [0.29, 0.717) is 32.1 Å². The van der Waals surface area contributed by atoms with E-state index in [4.69, 9.17) is 37.0 Å². The number of aliphatic hydroxyl groups is 1. The largest absolute Gasteiger partial charge is 0.472 e. The van der Waals surface area contributed by atoms with Gasteiger partial charge in [-0.3, -0.25) is 37.3 Å². The van der Waals surface area contributed by atoms with Crippen molar-refractivity contribution < 1.29 is 80.2 Å². The van der Waals surface area contributed by atoms with E-state index in [2.05, 4.69) is 186 Å². The number of allylic oxidation sites excluding steroid dienone is 28. The van der Waals surface area contributed by atoms with E-state index in [9.17, 15) is 43.2 Å². The van der Waals surface area contributed by atoms with E-state index < -0.39 is 97.5 Å². The van der Waals surface area contributed by atoms with Gasteiger partial charge in [-0.25, -0.2) is 9.13 Å². The van der Waals surface area contributed by atoms with Gasteiger partial charge in [0.25, 0.3) is 0 Å². The number of carbonyl (C=O) groups excluding carboxylic acids is 4. The van der Waals surface area contributed by atoms with E-state index in [1.54, 1.807) is 0 Å². The Morgan fingerprint density at radius 3 is 0.773 bits per heavy atom. The van der Waals surface area contributed by atoms with Crippen LogP contribution < -0.4 is 0 Å². The van der Waals surface area contributed by atoms with Gasteiger partial charge in [0.15, 0.2) is 12.2 Å². The van der Waals surface area contributed by atoms with Crippen LogP contribution in [-0.2, 0) is 65.4 Å². The molecule has 0 aliphatic rings. The highest BCUT2D eigenvalue weighted by Gasteiger charge is 2.30. The average molecular weight is 1580 g/mol. The molecule has 626 valence electrons. The predicted octanol–water partition coefficient (Wildman–Crippen LogP) is 25.3. The molecule has 0 radical (unpaired) electrons. The number of unbranched alkanes of at least 4 members (excludes halogenated alkanes) is 24. The summed E-state index contributed by atoms with van der Waals surface area (Å²) in [4.78, 5) is 73.2. The molecular weight excluding hydrogens is 1430 g/mol. The van der Waals surface area contributed by atoms with Gasteiger partial charge < -0.3 is 33.8 Å². The number of rotatable bonds is 78. The fraction of sp³-hybridized carbons (Fsp3) is 0.648. The van der Waals surface area contributed by atoms with Crippen LogP contribution in [0.1, 0.15) is 323 Å². The first kappa shape index (κ1) is 104. The van der Waals surface area contributed by atoms with Crippen molar-refractivity contribution in [3.05, 3.63) is 170 Å². The monoisotopic (exact) mass is 1580 g/mol. The first-order valence-electron chi connectivity index (χ1n) is 42.4. The molecule has 110 heavy (non-hydrogen) atoms. The lowest BCUT2D eigenvalue weighted by Crippen LogP contribution is -2.30. The van der Waals surface area contributed by atoms with Gasteiger partial charge >= 0.3 is 39.5 Å². The first-order valence-corrected chi connectivity index (χ1v) is 45.4. The van der Waals surface area contributed by atoms with Crippen molar-refractivity contribution in [2.45, 2.75) is 341 Å². The van der Waals surface area contributed by atoms with Crippen molar-refractivity contribution in [1.29, 1.82) is 0 Å². The molecule has 19 heteroatoms. The molecule has 0 bridgehead atoms. The third-order valence-corrected chi connectivity index (χ3v) is 19.1. The minimum Gasteiger partial charge on any atom is -0.462 e. The maximum absolute atomic E-state index is 13.1. The minimum atomic E-state index is -5.01. The number of hydrogen-bond acceptors (Lipinski definition) is 15. The summed E-state index contributed by atoms with van der Waals surface area (Å²) in [6.45, 7) is 4.44. The number of phosphoric acid groups is 2. The number of esters is 4. The Bertz CT molecular complexity index is 2750. The Labute approximate surface area is 667 Å². The molecule has 0 saturated carbocycles. The number of hydrogen-bond donors (Lipinski definition) is 3. The third-order valence-electron chi connectivity index (χ3n) is 17.2. The maximum Gasteiger partial charge on any atom is 0.472 e. The van der Waals surface area contributed by atoms with Crippen molar-refractivity contribution in [1.82, 2.24) is 0 Å². The second-order valence-electron chi connectivity index (χ2n) is 27.6. The molecule has 0 aromatic carbocycles. The molecular formula is C91H150O17P2. The molecule has 0 aliphatic heterocycles. The van der Waals surface area contributed by atoms with Gasteiger partial charge in [0.2, 0.25) is 0 Å². The van der Waals surface area contributed by atoms with Crippen molar-refractivity contribution >= 4 is 39.5 Å². The molecule has 0 spiro atoms. The van der Waals surface area contributed by atoms with E-state index in [-0.39, 0.29) is 25.7 Å². The molecule has 0 heterocycles. The zero-order valence-electron chi connectivity index (χ0n) is 68.6. The molecule has 0 saturated heterocycles. The molecule has 3 N–H and O–H groups in total.